The third kappa shape index (κ3) is 3.81. The number of cyclic esters (lactones) is 1. The fraction of sp³-hybridized carbons (Fsp3) is 0.438. The van der Waals surface area contributed by atoms with Gasteiger partial charge in [0.15, 0.2) is 0 Å². The molecule has 0 aromatic heterocycles. The SMILES string of the molecule is COC(=S)NC[C@H]1CN(c2ccc(N3CC(=O)N(CO)C3)cc2)C(=O)O1. The van der Waals surface area contributed by atoms with Crippen molar-refractivity contribution in [2.45, 2.75) is 6.10 Å². The number of carbonyl (C=O) groups is 2. The molecule has 1 aromatic carbocycles. The van der Waals surface area contributed by atoms with Gasteiger partial charge in [0.05, 0.1) is 33.4 Å². The predicted octanol–water partition coefficient (Wildman–Crippen LogP) is 0.0886. The Balaban J connectivity index is 1.61. The predicted molar refractivity (Wildman–Crippen MR) is 97.8 cm³/mol. The summed E-state index contributed by atoms with van der Waals surface area (Å²) in [7, 11) is 1.47. The van der Waals surface area contributed by atoms with E-state index >= 15 is 0 Å². The lowest BCUT2D eigenvalue weighted by Crippen LogP contribution is -2.34. The molecule has 10 heteroatoms. The number of hydrogen-bond donors (Lipinski definition) is 2. The molecule has 0 radical (unpaired) electrons. The van der Waals surface area contributed by atoms with Gasteiger partial charge in [0.25, 0.3) is 5.17 Å². The zero-order chi connectivity index (χ0) is 18.7. The van der Waals surface area contributed by atoms with Gasteiger partial charge in [-0.3, -0.25) is 9.69 Å². The Morgan fingerprint density at radius 3 is 2.65 bits per heavy atom. The van der Waals surface area contributed by atoms with Gasteiger partial charge in [-0.2, -0.15) is 0 Å². The van der Waals surface area contributed by atoms with Gasteiger partial charge in [-0.1, -0.05) is 0 Å². The van der Waals surface area contributed by atoms with Crippen molar-refractivity contribution in [1.29, 1.82) is 0 Å². The van der Waals surface area contributed by atoms with Gasteiger partial charge in [-0.25, -0.2) is 4.79 Å². The van der Waals surface area contributed by atoms with Crippen molar-refractivity contribution in [1.82, 2.24) is 10.2 Å². The number of rotatable bonds is 5. The van der Waals surface area contributed by atoms with Gasteiger partial charge in [0.1, 0.15) is 12.8 Å². The van der Waals surface area contributed by atoms with E-state index in [0.717, 1.165) is 5.69 Å². The van der Waals surface area contributed by atoms with Crippen LogP contribution in [0.3, 0.4) is 0 Å². The van der Waals surface area contributed by atoms with Crippen molar-refractivity contribution < 1.29 is 24.2 Å². The standard InChI is InChI=1S/C16H20N4O5S/c1-24-15(26)17-6-13-7-20(16(23)25-13)12-4-2-11(3-5-12)18-8-14(22)19(9-18)10-21/h2-5,13,21H,6-10H2,1H3,(H,17,26)/t13-/m0/s1. The average Bonchev–Trinajstić information content (AvgIpc) is 3.22. The lowest BCUT2D eigenvalue weighted by Gasteiger charge is -2.19. The van der Waals surface area contributed by atoms with Gasteiger partial charge in [0.2, 0.25) is 5.91 Å². The van der Waals surface area contributed by atoms with E-state index in [2.05, 4.69) is 5.32 Å². The zero-order valence-corrected chi connectivity index (χ0v) is 15.1. The first-order chi connectivity index (χ1) is 12.5. The van der Waals surface area contributed by atoms with Crippen LogP contribution in [0.15, 0.2) is 24.3 Å². The van der Waals surface area contributed by atoms with E-state index in [1.165, 1.54) is 12.0 Å². The van der Waals surface area contributed by atoms with E-state index in [-0.39, 0.29) is 30.5 Å². The first kappa shape index (κ1) is 18.2. The van der Waals surface area contributed by atoms with Gasteiger partial charge in [-0.05, 0) is 36.5 Å². The number of amides is 2. The van der Waals surface area contributed by atoms with E-state index in [1.54, 1.807) is 17.0 Å². The molecule has 0 unspecified atom stereocenters. The van der Waals surface area contributed by atoms with Crippen molar-refractivity contribution >= 4 is 40.8 Å². The first-order valence-electron chi connectivity index (χ1n) is 8.05. The van der Waals surface area contributed by atoms with E-state index in [4.69, 9.17) is 26.8 Å². The second kappa shape index (κ2) is 7.75. The summed E-state index contributed by atoms with van der Waals surface area (Å²) in [6.07, 6.45) is -0.750. The quantitative estimate of drug-likeness (QED) is 0.694. The van der Waals surface area contributed by atoms with E-state index in [0.29, 0.717) is 25.4 Å². The molecule has 2 N–H and O–H groups in total. The van der Waals surface area contributed by atoms with Gasteiger partial charge in [-0.15, -0.1) is 0 Å². The summed E-state index contributed by atoms with van der Waals surface area (Å²) >= 11 is 4.90. The number of nitrogens with one attached hydrogen (secondary N) is 1. The van der Waals surface area contributed by atoms with Gasteiger partial charge >= 0.3 is 6.09 Å². The van der Waals surface area contributed by atoms with E-state index < -0.39 is 6.09 Å². The number of nitrogens with zero attached hydrogens (tertiary/aromatic N) is 3. The lowest BCUT2D eigenvalue weighted by atomic mass is 10.2. The van der Waals surface area contributed by atoms with Gasteiger partial charge < -0.3 is 29.7 Å². The summed E-state index contributed by atoms with van der Waals surface area (Å²) in [5.74, 6) is -0.121. The molecule has 2 saturated heterocycles. The first-order valence-corrected chi connectivity index (χ1v) is 8.46. The minimum Gasteiger partial charge on any atom is -0.474 e. The topological polar surface area (TPSA) is 94.6 Å². The van der Waals surface area contributed by atoms with Gasteiger partial charge in [0, 0.05) is 11.4 Å². The molecule has 0 spiro atoms. The number of hydrogen-bond acceptors (Lipinski definition) is 7. The molecule has 140 valence electrons. The van der Waals surface area contributed by atoms with Crippen LogP contribution >= 0.6 is 12.2 Å². The van der Waals surface area contributed by atoms with Crippen molar-refractivity contribution in [2.24, 2.45) is 0 Å². The van der Waals surface area contributed by atoms with E-state index in [1.807, 2.05) is 17.0 Å². The number of aliphatic hydroxyl groups is 1. The van der Waals surface area contributed by atoms with Crippen LogP contribution in [0.4, 0.5) is 16.2 Å². The van der Waals surface area contributed by atoms with Crippen LogP contribution in [0, 0.1) is 0 Å². The number of aliphatic hydroxyl groups excluding tert-OH is 1. The number of carbonyl (C=O) groups excluding carboxylic acids is 2. The molecule has 9 nitrogen and oxygen atoms in total. The fourth-order valence-corrected chi connectivity index (χ4v) is 2.93. The van der Waals surface area contributed by atoms with Crippen molar-refractivity contribution in [3.05, 3.63) is 24.3 Å². The Hall–Kier alpha value is -2.59. The van der Waals surface area contributed by atoms with Crippen LogP contribution in [-0.2, 0) is 14.3 Å². The van der Waals surface area contributed by atoms with Crippen LogP contribution in [0.25, 0.3) is 0 Å². The van der Waals surface area contributed by atoms with Crippen LogP contribution in [0.5, 0.6) is 0 Å². The smallest absolute Gasteiger partial charge is 0.414 e. The summed E-state index contributed by atoms with van der Waals surface area (Å²) in [6.45, 7) is 1.04. The number of thiocarbonyl (C=S) groups is 1. The molecule has 2 aliphatic heterocycles. The van der Waals surface area contributed by atoms with Crippen LogP contribution < -0.4 is 15.1 Å². The third-order valence-corrected chi connectivity index (χ3v) is 4.56. The summed E-state index contributed by atoms with van der Waals surface area (Å²) < 4.78 is 10.2. The Morgan fingerprint density at radius 2 is 2.04 bits per heavy atom. The highest BCUT2D eigenvalue weighted by molar-refractivity contribution is 7.80. The molecule has 1 atom stereocenters. The molecule has 0 saturated carbocycles. The maximum atomic E-state index is 12.1. The molecule has 2 heterocycles. The largest absolute Gasteiger partial charge is 0.474 e. The minimum absolute atomic E-state index is 0.121. The number of ether oxygens (including phenoxy) is 2. The van der Waals surface area contributed by atoms with Crippen LogP contribution in [0.2, 0.25) is 0 Å². The summed E-state index contributed by atoms with van der Waals surface area (Å²) in [6, 6.07) is 7.28. The molecular weight excluding hydrogens is 360 g/mol. The Kier molecular flexibility index (Phi) is 5.43. The molecule has 3 rings (SSSR count). The molecule has 0 bridgehead atoms. The third-order valence-electron chi connectivity index (χ3n) is 4.25. The number of anilines is 2. The highest BCUT2D eigenvalue weighted by Gasteiger charge is 2.33. The van der Waals surface area contributed by atoms with Crippen molar-refractivity contribution in [2.75, 3.05) is 49.9 Å². The summed E-state index contributed by atoms with van der Waals surface area (Å²) in [5.41, 5.74) is 1.55. The zero-order valence-electron chi connectivity index (χ0n) is 14.3. The molecule has 1 aromatic rings. The normalized spacial score (nSPS) is 19.8. The highest BCUT2D eigenvalue weighted by Crippen LogP contribution is 2.26. The fourth-order valence-electron chi connectivity index (χ4n) is 2.85. The highest BCUT2D eigenvalue weighted by atomic mass is 32.1. The maximum absolute atomic E-state index is 12.1. The molecule has 26 heavy (non-hydrogen) atoms. The second-order valence-corrected chi connectivity index (χ2v) is 6.29. The lowest BCUT2D eigenvalue weighted by molar-refractivity contribution is -0.129. The molecule has 2 amide bonds. The number of benzene rings is 1. The summed E-state index contributed by atoms with van der Waals surface area (Å²) in [4.78, 5) is 28.5. The monoisotopic (exact) mass is 380 g/mol. The molecular formula is C16H20N4O5S. The van der Waals surface area contributed by atoms with Crippen molar-refractivity contribution in [3.8, 4) is 0 Å². The number of methoxy groups -OCH3 is 1. The molecule has 2 aliphatic rings. The second-order valence-electron chi connectivity index (χ2n) is 5.92. The Bertz CT molecular complexity index is 698. The molecule has 0 aliphatic carbocycles. The average molecular weight is 380 g/mol. The van der Waals surface area contributed by atoms with E-state index in [9.17, 15) is 9.59 Å². The van der Waals surface area contributed by atoms with Crippen LogP contribution in [-0.4, -0.2) is 73.4 Å². The Labute approximate surface area is 156 Å². The summed E-state index contributed by atoms with van der Waals surface area (Å²) in [5, 5.41) is 12.3. The van der Waals surface area contributed by atoms with Crippen molar-refractivity contribution in [3.63, 3.8) is 0 Å². The molecule has 2 fully saturated rings. The minimum atomic E-state index is -0.421. The van der Waals surface area contributed by atoms with Crippen LogP contribution in [0.1, 0.15) is 0 Å². The Morgan fingerprint density at radius 1 is 1.35 bits per heavy atom. The maximum Gasteiger partial charge on any atom is 0.414 e.